The molecule has 2 N–H and O–H groups in total. The van der Waals surface area contributed by atoms with Crippen LogP contribution in [0.3, 0.4) is 0 Å². The number of aliphatic hydroxyl groups excluding tert-OH is 1. The molecule has 5 heteroatoms. The van der Waals surface area contributed by atoms with Gasteiger partial charge in [0.25, 0.3) is 5.91 Å². The fourth-order valence-corrected chi connectivity index (χ4v) is 2.15. The van der Waals surface area contributed by atoms with Crippen LogP contribution < -0.4 is 5.32 Å². The number of nitrogens with zero attached hydrogens (tertiary/aromatic N) is 2. The van der Waals surface area contributed by atoms with Crippen molar-refractivity contribution in [3.05, 3.63) is 23.9 Å². The molecule has 0 aromatic heterocycles. The first-order chi connectivity index (χ1) is 9.86. The fraction of sp³-hybridized carbons (Fsp3) is 0.625. The van der Waals surface area contributed by atoms with Gasteiger partial charge in [0.15, 0.2) is 0 Å². The van der Waals surface area contributed by atoms with E-state index in [1.165, 1.54) is 5.57 Å². The number of hydrogen-bond acceptors (Lipinski definition) is 4. The van der Waals surface area contributed by atoms with E-state index in [0.29, 0.717) is 24.1 Å². The molecule has 0 aromatic rings. The van der Waals surface area contributed by atoms with Gasteiger partial charge in [-0.15, -0.1) is 0 Å². The molecule has 1 aliphatic heterocycles. The third kappa shape index (κ3) is 5.01. The molecule has 1 heterocycles. The highest BCUT2D eigenvalue weighted by Crippen LogP contribution is 2.20. The molecule has 118 valence electrons. The van der Waals surface area contributed by atoms with Gasteiger partial charge in [-0.1, -0.05) is 26.5 Å². The number of nitrogens with one attached hydrogen (secondary N) is 1. The van der Waals surface area contributed by atoms with Gasteiger partial charge in [0.2, 0.25) is 0 Å². The Labute approximate surface area is 127 Å². The van der Waals surface area contributed by atoms with Crippen molar-refractivity contribution >= 4 is 11.6 Å². The molecule has 0 aromatic carbocycles. The normalized spacial score (nSPS) is 18.1. The van der Waals surface area contributed by atoms with Gasteiger partial charge in [-0.25, -0.2) is 0 Å². The zero-order chi connectivity index (χ0) is 16.0. The first kappa shape index (κ1) is 17.4. The van der Waals surface area contributed by atoms with Crippen LogP contribution in [0.4, 0.5) is 0 Å². The quantitative estimate of drug-likeness (QED) is 0.694. The molecular weight excluding hydrogens is 266 g/mol. The second kappa shape index (κ2) is 7.98. The lowest BCUT2D eigenvalue weighted by atomic mass is 9.90. The number of hydrogen-bond donors (Lipinski definition) is 2. The minimum Gasteiger partial charge on any atom is -0.395 e. The van der Waals surface area contributed by atoms with Gasteiger partial charge in [-0.2, -0.15) is 0 Å². The van der Waals surface area contributed by atoms with E-state index in [-0.39, 0.29) is 19.1 Å². The highest BCUT2D eigenvalue weighted by atomic mass is 16.3. The molecule has 0 radical (unpaired) electrons. The topological polar surface area (TPSA) is 64.9 Å². The number of amides is 1. The Morgan fingerprint density at radius 2 is 2.29 bits per heavy atom. The van der Waals surface area contributed by atoms with Gasteiger partial charge in [-0.3, -0.25) is 9.79 Å². The molecule has 0 saturated carbocycles. The lowest BCUT2D eigenvalue weighted by molar-refractivity contribution is -0.118. The fourth-order valence-electron chi connectivity index (χ4n) is 2.15. The van der Waals surface area contributed by atoms with Gasteiger partial charge in [0.1, 0.15) is 0 Å². The predicted molar refractivity (Wildman–Crippen MR) is 86.3 cm³/mol. The van der Waals surface area contributed by atoms with Crippen LogP contribution in [-0.4, -0.2) is 54.9 Å². The maximum Gasteiger partial charge on any atom is 0.267 e. The van der Waals surface area contributed by atoms with Crippen molar-refractivity contribution in [2.45, 2.75) is 20.8 Å². The van der Waals surface area contributed by atoms with E-state index >= 15 is 0 Å². The molecule has 0 fully saturated rings. The van der Waals surface area contributed by atoms with Gasteiger partial charge in [0.05, 0.1) is 24.6 Å². The van der Waals surface area contributed by atoms with Crippen molar-refractivity contribution in [2.24, 2.45) is 16.8 Å². The van der Waals surface area contributed by atoms with E-state index in [2.05, 4.69) is 43.7 Å². The Bertz CT molecular complexity index is 452. The van der Waals surface area contributed by atoms with Gasteiger partial charge in [-0.05, 0) is 24.3 Å². The van der Waals surface area contributed by atoms with Crippen LogP contribution in [0.5, 0.6) is 0 Å². The van der Waals surface area contributed by atoms with Gasteiger partial charge >= 0.3 is 0 Å². The average molecular weight is 293 g/mol. The average Bonchev–Trinajstić information content (AvgIpc) is 2.45. The zero-order valence-electron chi connectivity index (χ0n) is 13.5. The maximum atomic E-state index is 11.8. The molecule has 0 spiro atoms. The highest BCUT2D eigenvalue weighted by Gasteiger charge is 2.19. The Kier molecular flexibility index (Phi) is 6.62. The number of rotatable bonds is 7. The standard InChI is InChI=1S/C16H27N3O2/c1-11(2)14-8-12(3)15(18-9-14)10-19(5)13(4)16(21)17-6-7-20/h8,11,14,20H,4,6-7,9-10H2,1-3,5H3,(H,17,21). The first-order valence-electron chi connectivity index (χ1n) is 7.38. The molecule has 0 saturated heterocycles. The summed E-state index contributed by atoms with van der Waals surface area (Å²) >= 11 is 0. The number of likely N-dealkylation sites (N-methyl/N-ethyl adjacent to an activating group) is 1. The Morgan fingerprint density at radius 3 is 2.81 bits per heavy atom. The van der Waals surface area contributed by atoms with E-state index in [0.717, 1.165) is 12.3 Å². The summed E-state index contributed by atoms with van der Waals surface area (Å²) in [7, 11) is 1.82. The van der Waals surface area contributed by atoms with Crippen molar-refractivity contribution in [1.82, 2.24) is 10.2 Å². The smallest absolute Gasteiger partial charge is 0.267 e. The van der Waals surface area contributed by atoms with Crippen LogP contribution in [0.25, 0.3) is 0 Å². The molecule has 1 amide bonds. The lowest BCUT2D eigenvalue weighted by Crippen LogP contribution is -2.37. The second-order valence-electron chi connectivity index (χ2n) is 5.83. The monoisotopic (exact) mass is 293 g/mol. The van der Waals surface area contributed by atoms with Crippen LogP contribution >= 0.6 is 0 Å². The third-order valence-electron chi connectivity index (χ3n) is 3.78. The molecule has 1 unspecified atom stereocenters. The predicted octanol–water partition coefficient (Wildman–Crippen LogP) is 1.21. The van der Waals surface area contributed by atoms with Crippen molar-refractivity contribution < 1.29 is 9.90 Å². The molecule has 5 nitrogen and oxygen atoms in total. The van der Waals surface area contributed by atoms with Crippen molar-refractivity contribution in [2.75, 3.05) is 33.3 Å². The highest BCUT2D eigenvalue weighted by molar-refractivity contribution is 6.02. The van der Waals surface area contributed by atoms with Gasteiger partial charge in [0, 0.05) is 20.1 Å². The molecule has 1 aliphatic rings. The summed E-state index contributed by atoms with van der Waals surface area (Å²) < 4.78 is 0. The number of aliphatic hydroxyl groups is 1. The number of dihydropyridines is 1. The molecular formula is C16H27N3O2. The molecule has 0 aliphatic carbocycles. The maximum absolute atomic E-state index is 11.8. The number of carbonyl (C=O) groups is 1. The molecule has 0 bridgehead atoms. The molecule has 1 rings (SSSR count). The van der Waals surface area contributed by atoms with E-state index in [9.17, 15) is 4.79 Å². The van der Waals surface area contributed by atoms with Crippen molar-refractivity contribution in [3.8, 4) is 0 Å². The summed E-state index contributed by atoms with van der Waals surface area (Å²) in [5.74, 6) is 0.821. The lowest BCUT2D eigenvalue weighted by Gasteiger charge is -2.26. The van der Waals surface area contributed by atoms with Crippen molar-refractivity contribution in [1.29, 1.82) is 0 Å². The summed E-state index contributed by atoms with van der Waals surface area (Å²) in [5, 5.41) is 11.3. The number of carbonyl (C=O) groups excluding carboxylic acids is 1. The minimum atomic E-state index is -0.260. The van der Waals surface area contributed by atoms with E-state index in [1.807, 2.05) is 7.05 Å². The largest absolute Gasteiger partial charge is 0.395 e. The second-order valence-corrected chi connectivity index (χ2v) is 5.83. The SMILES string of the molecule is C=C(C(=O)NCCO)N(C)CC1=NCC(C(C)C)C=C1C. The summed E-state index contributed by atoms with van der Waals surface area (Å²) in [5.41, 5.74) is 2.56. The summed E-state index contributed by atoms with van der Waals surface area (Å²) in [4.78, 5) is 18.2. The number of aliphatic imine (C=N–C) groups is 1. The minimum absolute atomic E-state index is 0.0755. The van der Waals surface area contributed by atoms with Crippen LogP contribution in [0.15, 0.2) is 28.9 Å². The van der Waals surface area contributed by atoms with Crippen LogP contribution in [-0.2, 0) is 4.79 Å². The van der Waals surface area contributed by atoms with Crippen LogP contribution in [0.2, 0.25) is 0 Å². The first-order valence-corrected chi connectivity index (χ1v) is 7.38. The van der Waals surface area contributed by atoms with E-state index < -0.39 is 0 Å². The van der Waals surface area contributed by atoms with Crippen LogP contribution in [0.1, 0.15) is 20.8 Å². The summed E-state index contributed by atoms with van der Waals surface area (Å²) in [6, 6.07) is 0. The van der Waals surface area contributed by atoms with Crippen LogP contribution in [0, 0.1) is 11.8 Å². The Morgan fingerprint density at radius 1 is 1.62 bits per heavy atom. The zero-order valence-corrected chi connectivity index (χ0v) is 13.5. The summed E-state index contributed by atoms with van der Waals surface area (Å²) in [6.07, 6.45) is 2.27. The van der Waals surface area contributed by atoms with Crippen molar-refractivity contribution in [3.63, 3.8) is 0 Å². The summed E-state index contributed by atoms with van der Waals surface area (Å²) in [6.45, 7) is 11.8. The molecule has 1 atom stereocenters. The Balaban J connectivity index is 2.59. The molecule has 21 heavy (non-hydrogen) atoms. The van der Waals surface area contributed by atoms with E-state index in [1.54, 1.807) is 4.90 Å². The van der Waals surface area contributed by atoms with E-state index in [4.69, 9.17) is 5.11 Å². The Hall–Kier alpha value is -1.62. The third-order valence-corrected chi connectivity index (χ3v) is 3.78. The van der Waals surface area contributed by atoms with Gasteiger partial charge < -0.3 is 15.3 Å².